The van der Waals surface area contributed by atoms with Gasteiger partial charge in [0.15, 0.2) is 0 Å². The summed E-state index contributed by atoms with van der Waals surface area (Å²) in [4.78, 5) is 21.9. The van der Waals surface area contributed by atoms with Crippen molar-refractivity contribution in [3.63, 3.8) is 0 Å². The predicted molar refractivity (Wildman–Crippen MR) is 74.4 cm³/mol. The Labute approximate surface area is 116 Å². The molecule has 0 saturated heterocycles. The first kappa shape index (κ1) is 13.7. The van der Waals surface area contributed by atoms with Crippen molar-refractivity contribution in [2.24, 2.45) is 5.18 Å². The Hall–Kier alpha value is -2.69. The normalized spacial score (nSPS) is 9.85. The average molecular weight is 271 g/mol. The van der Waals surface area contributed by atoms with E-state index >= 15 is 0 Å². The van der Waals surface area contributed by atoms with Crippen molar-refractivity contribution in [3.8, 4) is 11.5 Å². The van der Waals surface area contributed by atoms with Crippen LogP contribution in [0.5, 0.6) is 11.5 Å². The van der Waals surface area contributed by atoms with Crippen LogP contribution in [0, 0.1) is 4.91 Å². The predicted octanol–water partition coefficient (Wildman–Crippen LogP) is 4.05. The molecule has 20 heavy (non-hydrogen) atoms. The highest BCUT2D eigenvalue weighted by Gasteiger charge is 2.07. The molecule has 0 aliphatic rings. The molecule has 0 spiro atoms. The molecule has 0 N–H and O–H groups in total. The Morgan fingerprint density at radius 2 is 1.85 bits per heavy atom. The zero-order chi connectivity index (χ0) is 14.4. The lowest BCUT2D eigenvalue weighted by Crippen LogP contribution is -2.04. The van der Waals surface area contributed by atoms with E-state index in [2.05, 4.69) is 5.18 Å². The number of nitrogens with zero attached hydrogens (tertiary/aromatic N) is 1. The number of hydrogen-bond donors (Lipinski definition) is 0. The minimum absolute atomic E-state index is 0.323. The molecule has 102 valence electrons. The largest absolute Gasteiger partial charge is 0.462 e. The van der Waals surface area contributed by atoms with Crippen LogP contribution in [-0.2, 0) is 4.74 Å². The molecule has 0 saturated carbocycles. The van der Waals surface area contributed by atoms with Gasteiger partial charge in [-0.3, -0.25) is 0 Å². The highest BCUT2D eigenvalue weighted by atomic mass is 16.5. The van der Waals surface area contributed by atoms with Crippen LogP contribution in [0.3, 0.4) is 0 Å². The molecule has 0 fully saturated rings. The van der Waals surface area contributed by atoms with Gasteiger partial charge in [-0.25, -0.2) is 4.79 Å². The maximum atomic E-state index is 11.6. The van der Waals surface area contributed by atoms with Crippen molar-refractivity contribution < 1.29 is 14.3 Å². The van der Waals surface area contributed by atoms with Crippen molar-refractivity contribution in [1.29, 1.82) is 0 Å². The number of nitroso groups, excluding NO2 is 1. The lowest BCUT2D eigenvalue weighted by atomic mass is 10.2. The first-order valence-corrected chi connectivity index (χ1v) is 6.11. The third-order valence-corrected chi connectivity index (χ3v) is 2.52. The number of carbonyl (C=O) groups excluding carboxylic acids is 1. The van der Waals surface area contributed by atoms with Gasteiger partial charge in [-0.05, 0) is 54.6 Å². The van der Waals surface area contributed by atoms with E-state index in [1.54, 1.807) is 55.5 Å². The second kappa shape index (κ2) is 6.47. The summed E-state index contributed by atoms with van der Waals surface area (Å²) >= 11 is 0. The number of esters is 1. The molecule has 0 aliphatic heterocycles. The zero-order valence-corrected chi connectivity index (χ0v) is 10.9. The van der Waals surface area contributed by atoms with Crippen LogP contribution in [-0.4, -0.2) is 12.6 Å². The van der Waals surface area contributed by atoms with Crippen molar-refractivity contribution in [2.45, 2.75) is 6.92 Å². The van der Waals surface area contributed by atoms with Crippen LogP contribution in [0.1, 0.15) is 17.3 Å². The Morgan fingerprint density at radius 3 is 2.50 bits per heavy atom. The van der Waals surface area contributed by atoms with Crippen molar-refractivity contribution in [2.75, 3.05) is 6.61 Å². The lowest BCUT2D eigenvalue weighted by molar-refractivity contribution is 0.0526. The maximum absolute atomic E-state index is 11.6. The molecule has 2 aromatic carbocycles. The fourth-order valence-electron chi connectivity index (χ4n) is 1.61. The van der Waals surface area contributed by atoms with Gasteiger partial charge in [-0.1, -0.05) is 6.07 Å². The topological polar surface area (TPSA) is 65.0 Å². The van der Waals surface area contributed by atoms with E-state index in [1.807, 2.05) is 0 Å². The summed E-state index contributed by atoms with van der Waals surface area (Å²) in [6, 6.07) is 13.1. The molecule has 0 amide bonds. The minimum atomic E-state index is -0.390. The third-order valence-electron chi connectivity index (χ3n) is 2.52. The van der Waals surface area contributed by atoms with Crippen LogP contribution >= 0.6 is 0 Å². The van der Waals surface area contributed by atoms with Crippen LogP contribution in [0.25, 0.3) is 0 Å². The molecular weight excluding hydrogens is 258 g/mol. The highest BCUT2D eigenvalue weighted by Crippen LogP contribution is 2.24. The molecular formula is C15H13NO4. The fraction of sp³-hybridized carbons (Fsp3) is 0.133. The molecule has 2 aromatic rings. The molecule has 5 heteroatoms. The maximum Gasteiger partial charge on any atom is 0.338 e. The molecule has 0 atom stereocenters. The number of ether oxygens (including phenoxy) is 2. The molecule has 0 aromatic heterocycles. The van der Waals surface area contributed by atoms with E-state index < -0.39 is 5.97 Å². The van der Waals surface area contributed by atoms with Crippen molar-refractivity contribution in [3.05, 3.63) is 59.0 Å². The summed E-state index contributed by atoms with van der Waals surface area (Å²) in [5, 5.41) is 2.81. The summed E-state index contributed by atoms with van der Waals surface area (Å²) in [6.45, 7) is 2.07. The van der Waals surface area contributed by atoms with Crippen molar-refractivity contribution in [1.82, 2.24) is 0 Å². The number of hydrogen-bond acceptors (Lipinski definition) is 5. The number of rotatable bonds is 5. The first-order chi connectivity index (χ1) is 9.72. The third kappa shape index (κ3) is 3.41. The molecule has 0 aliphatic carbocycles. The number of carbonyl (C=O) groups is 1. The van der Waals surface area contributed by atoms with Gasteiger partial charge in [0.2, 0.25) is 0 Å². The smallest absolute Gasteiger partial charge is 0.338 e. The molecule has 0 radical (unpaired) electrons. The van der Waals surface area contributed by atoms with Gasteiger partial charge in [0.25, 0.3) is 0 Å². The quantitative estimate of drug-likeness (QED) is 0.607. The molecule has 0 bridgehead atoms. The summed E-state index contributed by atoms with van der Waals surface area (Å²) in [6.07, 6.45) is 0. The van der Waals surface area contributed by atoms with Gasteiger partial charge in [0.1, 0.15) is 17.2 Å². The molecule has 5 nitrogen and oxygen atoms in total. The van der Waals surface area contributed by atoms with Crippen LogP contribution < -0.4 is 4.74 Å². The summed E-state index contributed by atoms with van der Waals surface area (Å²) in [5.41, 5.74) is 0.758. The Bertz CT molecular complexity index is 608. The van der Waals surface area contributed by atoms with Gasteiger partial charge in [0, 0.05) is 0 Å². The molecule has 2 rings (SSSR count). The molecule has 0 heterocycles. The van der Waals surface area contributed by atoms with Crippen LogP contribution in [0.2, 0.25) is 0 Å². The summed E-state index contributed by atoms with van der Waals surface area (Å²) in [7, 11) is 0. The Morgan fingerprint density at radius 1 is 1.10 bits per heavy atom. The Balaban J connectivity index is 2.14. The summed E-state index contributed by atoms with van der Waals surface area (Å²) in [5.74, 6) is 0.680. The Kier molecular flexibility index (Phi) is 4.44. The van der Waals surface area contributed by atoms with Crippen LogP contribution in [0.4, 0.5) is 5.69 Å². The zero-order valence-electron chi connectivity index (χ0n) is 10.9. The minimum Gasteiger partial charge on any atom is -0.462 e. The van der Waals surface area contributed by atoms with E-state index in [0.29, 0.717) is 29.4 Å². The van der Waals surface area contributed by atoms with E-state index in [1.165, 1.54) is 0 Å². The van der Waals surface area contributed by atoms with Crippen LogP contribution in [0.15, 0.2) is 53.7 Å². The summed E-state index contributed by atoms with van der Waals surface area (Å²) < 4.78 is 10.5. The molecule has 0 unspecified atom stereocenters. The van der Waals surface area contributed by atoms with Gasteiger partial charge >= 0.3 is 5.97 Å². The van der Waals surface area contributed by atoms with E-state index in [9.17, 15) is 9.70 Å². The van der Waals surface area contributed by atoms with Gasteiger partial charge in [0.05, 0.1) is 12.2 Å². The van der Waals surface area contributed by atoms with Crippen molar-refractivity contribution >= 4 is 11.7 Å². The van der Waals surface area contributed by atoms with Gasteiger partial charge in [-0.15, -0.1) is 4.91 Å². The monoisotopic (exact) mass is 271 g/mol. The second-order valence-corrected chi connectivity index (χ2v) is 3.94. The SMILES string of the molecule is CCOC(=O)c1cccc(Oc2ccc(N=O)cc2)c1. The van der Waals surface area contributed by atoms with E-state index in [-0.39, 0.29) is 0 Å². The fourth-order valence-corrected chi connectivity index (χ4v) is 1.61. The lowest BCUT2D eigenvalue weighted by Gasteiger charge is -2.07. The van der Waals surface area contributed by atoms with Gasteiger partial charge < -0.3 is 9.47 Å². The standard InChI is InChI=1S/C15H13NO4/c1-2-19-15(17)11-4-3-5-14(10-11)20-13-8-6-12(16-18)7-9-13/h3-10H,2H2,1H3. The van der Waals surface area contributed by atoms with E-state index in [0.717, 1.165) is 0 Å². The van der Waals surface area contributed by atoms with E-state index in [4.69, 9.17) is 9.47 Å². The first-order valence-electron chi connectivity index (χ1n) is 6.11. The second-order valence-electron chi connectivity index (χ2n) is 3.94. The highest BCUT2D eigenvalue weighted by molar-refractivity contribution is 5.89. The average Bonchev–Trinajstić information content (AvgIpc) is 2.48. The number of benzene rings is 2. The van der Waals surface area contributed by atoms with Gasteiger partial charge in [-0.2, -0.15) is 0 Å².